The van der Waals surface area contributed by atoms with Crippen LogP contribution in [0.5, 0.6) is 0 Å². The highest BCUT2D eigenvalue weighted by Gasteiger charge is 2.32. The molecule has 2 unspecified atom stereocenters. The van der Waals surface area contributed by atoms with Crippen molar-refractivity contribution in [2.75, 3.05) is 32.8 Å². The maximum absolute atomic E-state index is 12.2. The topological polar surface area (TPSA) is 41.6 Å². The molecule has 5 heteroatoms. The average molecular weight is 291 g/mol. The molecule has 112 valence electrons. The summed E-state index contributed by atoms with van der Waals surface area (Å²) in [6.45, 7) is 8.76. The molecule has 2 aliphatic heterocycles. The van der Waals surface area contributed by atoms with Crippen LogP contribution in [-0.4, -0.2) is 49.7 Å². The van der Waals surface area contributed by atoms with Gasteiger partial charge in [0, 0.05) is 26.2 Å². The summed E-state index contributed by atoms with van der Waals surface area (Å²) in [5.74, 6) is 1.23. The first kappa shape index (κ1) is 16.7. The van der Waals surface area contributed by atoms with Gasteiger partial charge in [0.05, 0.1) is 12.0 Å². The number of halogens is 1. The summed E-state index contributed by atoms with van der Waals surface area (Å²) >= 11 is 0. The van der Waals surface area contributed by atoms with Crippen molar-refractivity contribution < 1.29 is 9.53 Å². The lowest BCUT2D eigenvalue weighted by Gasteiger charge is -2.20. The normalized spacial score (nSPS) is 26.8. The zero-order chi connectivity index (χ0) is 13.0. The van der Waals surface area contributed by atoms with E-state index in [2.05, 4.69) is 19.2 Å². The first-order valence-corrected chi connectivity index (χ1v) is 7.28. The average Bonchev–Trinajstić information content (AvgIpc) is 2.99. The Hall–Kier alpha value is -0.320. The number of rotatable bonds is 5. The van der Waals surface area contributed by atoms with E-state index in [4.69, 9.17) is 4.74 Å². The summed E-state index contributed by atoms with van der Waals surface area (Å²) in [6.07, 6.45) is 3.37. The lowest BCUT2D eigenvalue weighted by molar-refractivity contribution is -0.134. The Kier molecular flexibility index (Phi) is 7.11. The van der Waals surface area contributed by atoms with E-state index in [0.717, 1.165) is 52.0 Å². The molecule has 19 heavy (non-hydrogen) atoms. The summed E-state index contributed by atoms with van der Waals surface area (Å²) in [5.41, 5.74) is 0. The number of likely N-dealkylation sites (tertiary alicyclic amines) is 1. The van der Waals surface area contributed by atoms with Crippen LogP contribution >= 0.6 is 12.4 Å². The molecule has 2 saturated heterocycles. The molecule has 2 heterocycles. The number of amides is 1. The van der Waals surface area contributed by atoms with Crippen molar-refractivity contribution in [2.24, 2.45) is 11.8 Å². The van der Waals surface area contributed by atoms with E-state index in [0.29, 0.717) is 11.8 Å². The van der Waals surface area contributed by atoms with Crippen LogP contribution in [0.1, 0.15) is 33.1 Å². The minimum Gasteiger partial charge on any atom is -0.376 e. The van der Waals surface area contributed by atoms with Crippen LogP contribution in [0.3, 0.4) is 0 Å². The number of nitrogens with zero attached hydrogens (tertiary/aromatic N) is 1. The maximum atomic E-state index is 12.2. The van der Waals surface area contributed by atoms with Gasteiger partial charge >= 0.3 is 0 Å². The Morgan fingerprint density at radius 3 is 2.84 bits per heavy atom. The van der Waals surface area contributed by atoms with E-state index < -0.39 is 0 Å². The molecule has 4 nitrogen and oxygen atoms in total. The summed E-state index contributed by atoms with van der Waals surface area (Å²) in [7, 11) is 0. The van der Waals surface area contributed by atoms with Crippen molar-refractivity contribution in [3.63, 3.8) is 0 Å². The van der Waals surface area contributed by atoms with Crippen molar-refractivity contribution in [3.05, 3.63) is 0 Å². The number of nitrogens with one attached hydrogen (secondary N) is 1. The third-order valence-corrected chi connectivity index (χ3v) is 3.91. The number of hydrogen-bond acceptors (Lipinski definition) is 3. The molecule has 0 saturated carbocycles. The molecule has 2 fully saturated rings. The van der Waals surface area contributed by atoms with Gasteiger partial charge in [0.25, 0.3) is 0 Å². The van der Waals surface area contributed by atoms with Crippen molar-refractivity contribution in [3.8, 4) is 0 Å². The van der Waals surface area contributed by atoms with Crippen LogP contribution in [0.4, 0.5) is 0 Å². The SMILES string of the molecule is CC(C)CCOC1CCN(C(=O)C2CCNC2)C1.Cl. The summed E-state index contributed by atoms with van der Waals surface area (Å²) in [5, 5.41) is 3.26. The Morgan fingerprint density at radius 1 is 1.42 bits per heavy atom. The fraction of sp³-hybridized carbons (Fsp3) is 0.929. The van der Waals surface area contributed by atoms with Crippen LogP contribution in [-0.2, 0) is 9.53 Å². The highest BCUT2D eigenvalue weighted by atomic mass is 35.5. The molecule has 2 atom stereocenters. The van der Waals surface area contributed by atoms with Crippen molar-refractivity contribution in [1.29, 1.82) is 0 Å². The largest absolute Gasteiger partial charge is 0.376 e. The molecule has 0 aromatic rings. The number of ether oxygens (including phenoxy) is 1. The van der Waals surface area contributed by atoms with Crippen molar-refractivity contribution >= 4 is 18.3 Å². The minimum absolute atomic E-state index is 0. The van der Waals surface area contributed by atoms with Gasteiger partial charge in [-0.15, -0.1) is 12.4 Å². The third kappa shape index (κ3) is 4.93. The second kappa shape index (κ2) is 8.08. The van der Waals surface area contributed by atoms with E-state index in [1.54, 1.807) is 0 Å². The van der Waals surface area contributed by atoms with Gasteiger partial charge in [-0.2, -0.15) is 0 Å². The van der Waals surface area contributed by atoms with E-state index >= 15 is 0 Å². The number of carbonyl (C=O) groups excluding carboxylic acids is 1. The van der Waals surface area contributed by atoms with Crippen LogP contribution < -0.4 is 5.32 Å². The van der Waals surface area contributed by atoms with E-state index in [1.807, 2.05) is 4.90 Å². The standard InChI is InChI=1S/C14H26N2O2.ClH/c1-11(2)5-8-18-13-4-7-16(10-13)14(17)12-3-6-15-9-12;/h11-13,15H,3-10H2,1-2H3;1H. The van der Waals surface area contributed by atoms with Crippen molar-refractivity contribution in [1.82, 2.24) is 10.2 Å². The number of carbonyl (C=O) groups is 1. The lowest BCUT2D eigenvalue weighted by atomic mass is 10.1. The molecule has 0 aromatic carbocycles. The Morgan fingerprint density at radius 2 is 2.21 bits per heavy atom. The Labute approximate surface area is 122 Å². The summed E-state index contributed by atoms with van der Waals surface area (Å²) < 4.78 is 5.85. The molecule has 2 aliphatic rings. The molecular weight excluding hydrogens is 264 g/mol. The maximum Gasteiger partial charge on any atom is 0.227 e. The van der Waals surface area contributed by atoms with Crippen LogP contribution in [0.15, 0.2) is 0 Å². The summed E-state index contributed by atoms with van der Waals surface area (Å²) in [4.78, 5) is 14.2. The van der Waals surface area contributed by atoms with Crippen molar-refractivity contribution in [2.45, 2.75) is 39.2 Å². The van der Waals surface area contributed by atoms with E-state index in [9.17, 15) is 4.79 Å². The Balaban J connectivity index is 0.00000180. The smallest absolute Gasteiger partial charge is 0.227 e. The van der Waals surface area contributed by atoms with E-state index in [1.165, 1.54) is 0 Å². The third-order valence-electron chi connectivity index (χ3n) is 3.91. The highest BCUT2D eigenvalue weighted by molar-refractivity contribution is 5.85. The second-order valence-corrected chi connectivity index (χ2v) is 5.94. The van der Waals surface area contributed by atoms with Gasteiger partial charge < -0.3 is 15.0 Å². The van der Waals surface area contributed by atoms with Gasteiger partial charge in [-0.1, -0.05) is 13.8 Å². The minimum atomic E-state index is 0. The zero-order valence-corrected chi connectivity index (χ0v) is 12.9. The first-order valence-electron chi connectivity index (χ1n) is 7.28. The van der Waals surface area contributed by atoms with Gasteiger partial charge in [0.2, 0.25) is 5.91 Å². The van der Waals surface area contributed by atoms with Gasteiger partial charge in [-0.25, -0.2) is 0 Å². The van der Waals surface area contributed by atoms with Gasteiger partial charge in [-0.05, 0) is 31.7 Å². The predicted octanol–water partition coefficient (Wildman–Crippen LogP) is 1.68. The fourth-order valence-electron chi connectivity index (χ4n) is 2.66. The lowest BCUT2D eigenvalue weighted by Crippen LogP contribution is -2.36. The highest BCUT2D eigenvalue weighted by Crippen LogP contribution is 2.19. The zero-order valence-electron chi connectivity index (χ0n) is 12.1. The molecule has 0 aliphatic carbocycles. The molecular formula is C14H27ClN2O2. The molecule has 0 bridgehead atoms. The Bertz CT molecular complexity index is 281. The quantitative estimate of drug-likeness (QED) is 0.838. The molecule has 0 aromatic heterocycles. The molecule has 2 rings (SSSR count). The molecule has 1 N–H and O–H groups in total. The predicted molar refractivity (Wildman–Crippen MR) is 78.6 cm³/mol. The monoisotopic (exact) mass is 290 g/mol. The van der Waals surface area contributed by atoms with Crippen LogP contribution in [0.25, 0.3) is 0 Å². The van der Waals surface area contributed by atoms with Crippen LogP contribution in [0, 0.1) is 11.8 Å². The molecule has 0 spiro atoms. The summed E-state index contributed by atoms with van der Waals surface area (Å²) in [6, 6.07) is 0. The molecule has 1 amide bonds. The van der Waals surface area contributed by atoms with Gasteiger partial charge in [-0.3, -0.25) is 4.79 Å². The fourth-order valence-corrected chi connectivity index (χ4v) is 2.66. The molecule has 0 radical (unpaired) electrons. The second-order valence-electron chi connectivity index (χ2n) is 5.94. The van der Waals surface area contributed by atoms with Crippen LogP contribution in [0.2, 0.25) is 0 Å². The number of hydrogen-bond donors (Lipinski definition) is 1. The van der Waals surface area contributed by atoms with Gasteiger partial charge in [0.15, 0.2) is 0 Å². The first-order chi connectivity index (χ1) is 8.66. The van der Waals surface area contributed by atoms with E-state index in [-0.39, 0.29) is 24.4 Å². The van der Waals surface area contributed by atoms with Gasteiger partial charge in [0.1, 0.15) is 0 Å².